The summed E-state index contributed by atoms with van der Waals surface area (Å²) in [4.78, 5) is 26.7. The van der Waals surface area contributed by atoms with Crippen LogP contribution in [0.3, 0.4) is 0 Å². The molecule has 0 fully saturated rings. The Morgan fingerprint density at radius 1 is 0.929 bits per heavy atom. The fraction of sp³-hybridized carbons (Fsp3) is 0.364. The normalized spacial score (nSPS) is 10.4. The monoisotopic (exact) mass is 384 g/mol. The van der Waals surface area contributed by atoms with Gasteiger partial charge in [0.2, 0.25) is 0 Å². The Morgan fingerprint density at radius 2 is 1.64 bits per heavy atom. The van der Waals surface area contributed by atoms with Crippen LogP contribution in [-0.4, -0.2) is 49.6 Å². The van der Waals surface area contributed by atoms with Crippen LogP contribution >= 0.6 is 0 Å². The van der Waals surface area contributed by atoms with Crippen molar-refractivity contribution < 1.29 is 19.1 Å². The van der Waals surface area contributed by atoms with Gasteiger partial charge in [-0.05, 0) is 63.2 Å². The summed E-state index contributed by atoms with van der Waals surface area (Å²) in [6.07, 6.45) is 0. The molecule has 0 aromatic heterocycles. The molecule has 0 aliphatic heterocycles. The second-order valence-electron chi connectivity index (χ2n) is 6.08. The number of nitrogens with one attached hydrogen (secondary N) is 1. The van der Waals surface area contributed by atoms with E-state index in [1.165, 1.54) is 0 Å². The van der Waals surface area contributed by atoms with Crippen molar-refractivity contribution in [2.45, 2.75) is 20.8 Å². The van der Waals surface area contributed by atoms with Gasteiger partial charge in [0.25, 0.3) is 11.8 Å². The molecular weight excluding hydrogens is 356 g/mol. The molecule has 28 heavy (non-hydrogen) atoms. The number of amides is 2. The average Bonchev–Trinajstić information content (AvgIpc) is 2.72. The Hall–Kier alpha value is -2.86. The largest absolute Gasteiger partial charge is 0.491 e. The molecule has 2 aromatic carbocycles. The van der Waals surface area contributed by atoms with Crippen LogP contribution in [0.1, 0.15) is 41.5 Å². The predicted octanol–water partition coefficient (Wildman–Crippen LogP) is 3.84. The molecule has 0 heterocycles. The predicted molar refractivity (Wildman–Crippen MR) is 110 cm³/mol. The van der Waals surface area contributed by atoms with E-state index < -0.39 is 0 Å². The maximum atomic E-state index is 12.5. The van der Waals surface area contributed by atoms with E-state index in [0.29, 0.717) is 55.5 Å². The number of carbonyl (C=O) groups excluding carboxylic acids is 2. The van der Waals surface area contributed by atoms with Crippen LogP contribution in [0.25, 0.3) is 0 Å². The molecule has 2 rings (SSSR count). The highest BCUT2D eigenvalue weighted by Gasteiger charge is 2.13. The van der Waals surface area contributed by atoms with Gasteiger partial charge in [0, 0.05) is 36.5 Å². The summed E-state index contributed by atoms with van der Waals surface area (Å²) in [6.45, 7) is 8.76. The second kappa shape index (κ2) is 11.1. The van der Waals surface area contributed by atoms with Gasteiger partial charge in [-0.25, -0.2) is 0 Å². The molecule has 0 unspecified atom stereocenters. The minimum Gasteiger partial charge on any atom is -0.491 e. The fourth-order valence-corrected chi connectivity index (χ4v) is 2.69. The summed E-state index contributed by atoms with van der Waals surface area (Å²) >= 11 is 0. The van der Waals surface area contributed by atoms with Crippen molar-refractivity contribution in [3.05, 3.63) is 59.7 Å². The first-order chi connectivity index (χ1) is 13.6. The van der Waals surface area contributed by atoms with Gasteiger partial charge in [0.05, 0.1) is 6.61 Å². The summed E-state index contributed by atoms with van der Waals surface area (Å²) < 4.78 is 10.8. The van der Waals surface area contributed by atoms with Gasteiger partial charge in [-0.15, -0.1) is 0 Å². The first-order valence-corrected chi connectivity index (χ1v) is 9.60. The summed E-state index contributed by atoms with van der Waals surface area (Å²) in [6, 6.07) is 13.9. The van der Waals surface area contributed by atoms with Crippen molar-refractivity contribution in [3.63, 3.8) is 0 Å². The van der Waals surface area contributed by atoms with Crippen molar-refractivity contribution in [2.75, 3.05) is 38.2 Å². The molecule has 0 atom stereocenters. The quantitative estimate of drug-likeness (QED) is 0.632. The van der Waals surface area contributed by atoms with E-state index in [0.717, 1.165) is 0 Å². The van der Waals surface area contributed by atoms with Crippen molar-refractivity contribution in [3.8, 4) is 5.75 Å². The summed E-state index contributed by atoms with van der Waals surface area (Å²) in [5.74, 6) is 0.394. The van der Waals surface area contributed by atoms with Gasteiger partial charge < -0.3 is 19.7 Å². The number of ether oxygens (including phenoxy) is 2. The Balaban J connectivity index is 1.99. The molecule has 6 nitrogen and oxygen atoms in total. The Morgan fingerprint density at radius 3 is 2.29 bits per heavy atom. The lowest BCUT2D eigenvalue weighted by Gasteiger charge is -2.19. The SMILES string of the molecule is CCOCCOc1ccc(C(=O)Nc2cccc(C(=O)N(CC)CC)c2)cc1. The lowest BCUT2D eigenvalue weighted by atomic mass is 10.1. The van der Waals surface area contributed by atoms with Gasteiger partial charge in [0.1, 0.15) is 12.4 Å². The number of carbonyl (C=O) groups is 2. The third-order valence-corrected chi connectivity index (χ3v) is 4.24. The molecule has 2 amide bonds. The van der Waals surface area contributed by atoms with E-state index >= 15 is 0 Å². The molecule has 0 aliphatic rings. The van der Waals surface area contributed by atoms with E-state index in [9.17, 15) is 9.59 Å². The van der Waals surface area contributed by atoms with Gasteiger partial charge in [0.15, 0.2) is 0 Å². The van der Waals surface area contributed by atoms with Crippen molar-refractivity contribution in [1.82, 2.24) is 4.90 Å². The van der Waals surface area contributed by atoms with Gasteiger partial charge >= 0.3 is 0 Å². The molecule has 6 heteroatoms. The Labute approximate surface area is 166 Å². The van der Waals surface area contributed by atoms with Crippen LogP contribution in [0.4, 0.5) is 5.69 Å². The van der Waals surface area contributed by atoms with Gasteiger partial charge in [-0.1, -0.05) is 6.07 Å². The van der Waals surface area contributed by atoms with Crippen LogP contribution in [0.5, 0.6) is 5.75 Å². The van der Waals surface area contributed by atoms with Crippen LogP contribution < -0.4 is 10.1 Å². The second-order valence-corrected chi connectivity index (χ2v) is 6.08. The minimum absolute atomic E-state index is 0.0466. The first-order valence-electron chi connectivity index (χ1n) is 9.60. The van der Waals surface area contributed by atoms with Crippen molar-refractivity contribution in [1.29, 1.82) is 0 Å². The van der Waals surface area contributed by atoms with Crippen LogP contribution in [0.2, 0.25) is 0 Å². The highest BCUT2D eigenvalue weighted by atomic mass is 16.5. The average molecular weight is 384 g/mol. The number of hydrogen-bond acceptors (Lipinski definition) is 4. The van der Waals surface area contributed by atoms with Crippen LogP contribution in [-0.2, 0) is 4.74 Å². The lowest BCUT2D eigenvalue weighted by Crippen LogP contribution is -2.30. The number of hydrogen-bond donors (Lipinski definition) is 1. The highest BCUT2D eigenvalue weighted by Crippen LogP contribution is 2.16. The number of benzene rings is 2. The summed E-state index contributed by atoms with van der Waals surface area (Å²) in [7, 11) is 0. The number of anilines is 1. The third-order valence-electron chi connectivity index (χ3n) is 4.24. The molecule has 0 saturated heterocycles. The number of nitrogens with zero attached hydrogens (tertiary/aromatic N) is 1. The Bertz CT molecular complexity index is 770. The molecule has 0 spiro atoms. The molecule has 2 aromatic rings. The fourth-order valence-electron chi connectivity index (χ4n) is 2.69. The van der Waals surface area contributed by atoms with Crippen molar-refractivity contribution in [2.24, 2.45) is 0 Å². The van der Waals surface area contributed by atoms with E-state index in [2.05, 4.69) is 5.32 Å². The third kappa shape index (κ3) is 6.09. The van der Waals surface area contributed by atoms with E-state index in [4.69, 9.17) is 9.47 Å². The van der Waals surface area contributed by atoms with Gasteiger partial charge in [-0.3, -0.25) is 9.59 Å². The maximum absolute atomic E-state index is 12.5. The zero-order chi connectivity index (χ0) is 20.4. The lowest BCUT2D eigenvalue weighted by molar-refractivity contribution is 0.0772. The molecule has 0 radical (unpaired) electrons. The van der Waals surface area contributed by atoms with E-state index in [-0.39, 0.29) is 11.8 Å². The minimum atomic E-state index is -0.242. The first kappa shape index (κ1) is 21.4. The molecule has 0 saturated carbocycles. The van der Waals surface area contributed by atoms with Crippen LogP contribution in [0, 0.1) is 0 Å². The van der Waals surface area contributed by atoms with E-state index in [1.54, 1.807) is 53.4 Å². The Kier molecular flexibility index (Phi) is 8.49. The van der Waals surface area contributed by atoms with Crippen molar-refractivity contribution >= 4 is 17.5 Å². The highest BCUT2D eigenvalue weighted by molar-refractivity contribution is 6.05. The molecule has 0 aliphatic carbocycles. The summed E-state index contributed by atoms with van der Waals surface area (Å²) in [5, 5.41) is 2.84. The smallest absolute Gasteiger partial charge is 0.255 e. The molecule has 1 N–H and O–H groups in total. The molecule has 0 bridgehead atoms. The molecular formula is C22H28N2O4. The van der Waals surface area contributed by atoms with Crippen LogP contribution in [0.15, 0.2) is 48.5 Å². The zero-order valence-electron chi connectivity index (χ0n) is 16.7. The summed E-state index contributed by atoms with van der Waals surface area (Å²) in [5.41, 5.74) is 1.65. The topological polar surface area (TPSA) is 67.9 Å². The molecule has 150 valence electrons. The number of rotatable bonds is 10. The van der Waals surface area contributed by atoms with E-state index in [1.807, 2.05) is 20.8 Å². The maximum Gasteiger partial charge on any atom is 0.255 e. The standard InChI is InChI=1S/C22H28N2O4/c1-4-24(5-2)22(26)18-8-7-9-19(16-18)23-21(25)17-10-12-20(13-11-17)28-15-14-27-6-3/h7-13,16H,4-6,14-15H2,1-3H3,(H,23,25). The van der Waals surface area contributed by atoms with Gasteiger partial charge in [-0.2, -0.15) is 0 Å². The zero-order valence-corrected chi connectivity index (χ0v) is 16.7.